The zero-order valence-electron chi connectivity index (χ0n) is 14.1. The van der Waals surface area contributed by atoms with E-state index >= 15 is 0 Å². The lowest BCUT2D eigenvalue weighted by molar-refractivity contribution is 0.0544. The summed E-state index contributed by atoms with van der Waals surface area (Å²) < 4.78 is 21.6. The molecule has 1 aliphatic carbocycles. The molecule has 1 atom stereocenters. The second-order valence-corrected chi connectivity index (χ2v) is 6.65. The average molecular weight is 330 g/mol. The van der Waals surface area contributed by atoms with E-state index in [2.05, 4.69) is 10.1 Å². The Labute approximate surface area is 141 Å². The summed E-state index contributed by atoms with van der Waals surface area (Å²) in [7, 11) is 3.26. The molecule has 0 N–H and O–H groups in total. The molecule has 0 radical (unpaired) electrons. The first-order valence-electron chi connectivity index (χ1n) is 8.35. The highest BCUT2D eigenvalue weighted by molar-refractivity contribution is 5.43. The molecule has 2 fully saturated rings. The van der Waals surface area contributed by atoms with Gasteiger partial charge in [-0.1, -0.05) is 11.2 Å². The lowest BCUT2D eigenvalue weighted by atomic mass is 9.94. The first-order chi connectivity index (χ1) is 11.7. The molecule has 2 heterocycles. The second kappa shape index (κ2) is 6.09. The molecule has 1 aromatic carbocycles. The van der Waals surface area contributed by atoms with Gasteiger partial charge in [0.2, 0.25) is 5.89 Å². The summed E-state index contributed by atoms with van der Waals surface area (Å²) >= 11 is 0. The Kier molecular flexibility index (Phi) is 3.92. The molecule has 0 amide bonds. The molecular formula is C18H22N2O4. The van der Waals surface area contributed by atoms with Crippen LogP contribution in [-0.4, -0.2) is 37.6 Å². The first-order valence-corrected chi connectivity index (χ1v) is 8.35. The van der Waals surface area contributed by atoms with Crippen molar-refractivity contribution in [1.82, 2.24) is 10.1 Å². The summed E-state index contributed by atoms with van der Waals surface area (Å²) in [5, 5.41) is 4.16. The average Bonchev–Trinajstić information content (AvgIpc) is 3.10. The SMILES string of the molecule is COc1ccc(Cc2noc(C3CC34CCOCC4)n2)cc1OC. The molecule has 24 heavy (non-hydrogen) atoms. The maximum Gasteiger partial charge on any atom is 0.230 e. The molecule has 1 saturated heterocycles. The van der Waals surface area contributed by atoms with Crippen LogP contribution < -0.4 is 9.47 Å². The zero-order chi connectivity index (χ0) is 16.6. The molecule has 6 heteroatoms. The van der Waals surface area contributed by atoms with Crippen LogP contribution in [0.2, 0.25) is 0 Å². The van der Waals surface area contributed by atoms with Gasteiger partial charge in [-0.2, -0.15) is 4.98 Å². The largest absolute Gasteiger partial charge is 0.493 e. The fourth-order valence-corrected chi connectivity index (χ4v) is 3.68. The van der Waals surface area contributed by atoms with Crippen LogP contribution in [0.5, 0.6) is 11.5 Å². The predicted octanol–water partition coefficient (Wildman–Crippen LogP) is 2.96. The summed E-state index contributed by atoms with van der Waals surface area (Å²) in [4.78, 5) is 4.62. The zero-order valence-corrected chi connectivity index (χ0v) is 14.1. The molecule has 1 unspecified atom stereocenters. The highest BCUT2D eigenvalue weighted by Crippen LogP contribution is 2.64. The van der Waals surface area contributed by atoms with Crippen LogP contribution in [0.15, 0.2) is 22.7 Å². The number of aromatic nitrogens is 2. The molecule has 1 aliphatic heterocycles. The Morgan fingerprint density at radius 3 is 2.71 bits per heavy atom. The Hall–Kier alpha value is -2.08. The maximum atomic E-state index is 5.53. The summed E-state index contributed by atoms with van der Waals surface area (Å²) in [5.74, 6) is 3.34. The molecule has 2 aliphatic rings. The van der Waals surface area contributed by atoms with Gasteiger partial charge in [0.1, 0.15) is 0 Å². The maximum absolute atomic E-state index is 5.53. The highest BCUT2D eigenvalue weighted by atomic mass is 16.5. The molecular weight excluding hydrogens is 308 g/mol. The van der Waals surface area contributed by atoms with E-state index in [9.17, 15) is 0 Å². The molecule has 4 rings (SSSR count). The van der Waals surface area contributed by atoms with Crippen LogP contribution in [0.1, 0.15) is 42.5 Å². The molecule has 2 aromatic rings. The number of ether oxygens (including phenoxy) is 3. The molecule has 1 aromatic heterocycles. The summed E-state index contributed by atoms with van der Waals surface area (Å²) in [6.07, 6.45) is 3.97. The predicted molar refractivity (Wildman–Crippen MR) is 86.5 cm³/mol. The topological polar surface area (TPSA) is 66.6 Å². The molecule has 1 spiro atoms. The van der Waals surface area contributed by atoms with E-state index in [0.29, 0.717) is 29.3 Å². The van der Waals surface area contributed by atoms with E-state index in [1.54, 1.807) is 14.2 Å². The van der Waals surface area contributed by atoms with Gasteiger partial charge in [0.05, 0.1) is 14.2 Å². The number of benzene rings is 1. The number of hydrogen-bond acceptors (Lipinski definition) is 6. The molecule has 1 saturated carbocycles. The second-order valence-electron chi connectivity index (χ2n) is 6.65. The van der Waals surface area contributed by atoms with E-state index in [1.807, 2.05) is 18.2 Å². The molecule has 6 nitrogen and oxygen atoms in total. The number of methoxy groups -OCH3 is 2. The third kappa shape index (κ3) is 2.75. The molecule has 0 bridgehead atoms. The Balaban J connectivity index is 1.46. The number of hydrogen-bond donors (Lipinski definition) is 0. The van der Waals surface area contributed by atoms with Crippen molar-refractivity contribution in [3.63, 3.8) is 0 Å². The van der Waals surface area contributed by atoms with Crippen molar-refractivity contribution in [3.8, 4) is 11.5 Å². The van der Waals surface area contributed by atoms with Gasteiger partial charge in [-0.05, 0) is 42.4 Å². The van der Waals surface area contributed by atoms with E-state index in [4.69, 9.17) is 18.7 Å². The normalized spacial score (nSPS) is 21.7. The van der Waals surface area contributed by atoms with E-state index in [1.165, 1.54) is 0 Å². The van der Waals surface area contributed by atoms with E-state index in [0.717, 1.165) is 49.7 Å². The minimum absolute atomic E-state index is 0.353. The monoisotopic (exact) mass is 330 g/mol. The number of rotatable bonds is 5. The van der Waals surface area contributed by atoms with Gasteiger partial charge in [0, 0.05) is 25.6 Å². The van der Waals surface area contributed by atoms with Crippen LogP contribution in [0.4, 0.5) is 0 Å². The minimum Gasteiger partial charge on any atom is -0.493 e. The third-order valence-electron chi connectivity index (χ3n) is 5.27. The van der Waals surface area contributed by atoms with Gasteiger partial charge in [0.25, 0.3) is 0 Å². The van der Waals surface area contributed by atoms with Crippen molar-refractivity contribution in [2.24, 2.45) is 5.41 Å². The quantitative estimate of drug-likeness (QED) is 0.840. The standard InChI is InChI=1S/C18H22N2O4/c1-21-14-4-3-12(9-15(14)22-2)10-16-19-17(24-20-16)13-11-18(13)5-7-23-8-6-18/h3-4,9,13H,5-8,10-11H2,1-2H3. The van der Waals surface area contributed by atoms with Crippen molar-refractivity contribution < 1.29 is 18.7 Å². The van der Waals surface area contributed by atoms with Gasteiger partial charge in [-0.25, -0.2) is 0 Å². The van der Waals surface area contributed by atoms with E-state index in [-0.39, 0.29) is 0 Å². The Bertz CT molecular complexity index is 722. The smallest absolute Gasteiger partial charge is 0.230 e. The lowest BCUT2D eigenvalue weighted by Gasteiger charge is -2.21. The van der Waals surface area contributed by atoms with Crippen LogP contribution in [0.3, 0.4) is 0 Å². The highest BCUT2D eigenvalue weighted by Gasteiger charge is 2.57. The van der Waals surface area contributed by atoms with Crippen molar-refractivity contribution in [1.29, 1.82) is 0 Å². The van der Waals surface area contributed by atoms with Crippen molar-refractivity contribution in [2.45, 2.75) is 31.6 Å². The number of nitrogens with zero attached hydrogens (tertiary/aromatic N) is 2. The van der Waals surface area contributed by atoms with Gasteiger partial charge < -0.3 is 18.7 Å². The van der Waals surface area contributed by atoms with Gasteiger partial charge in [-0.3, -0.25) is 0 Å². The minimum atomic E-state index is 0.353. The summed E-state index contributed by atoms with van der Waals surface area (Å²) in [6.45, 7) is 1.70. The van der Waals surface area contributed by atoms with Crippen LogP contribution in [-0.2, 0) is 11.2 Å². The van der Waals surface area contributed by atoms with Gasteiger partial charge >= 0.3 is 0 Å². The van der Waals surface area contributed by atoms with Gasteiger partial charge in [-0.15, -0.1) is 0 Å². The Morgan fingerprint density at radius 2 is 1.96 bits per heavy atom. The van der Waals surface area contributed by atoms with Crippen molar-refractivity contribution >= 4 is 0 Å². The van der Waals surface area contributed by atoms with Crippen LogP contribution >= 0.6 is 0 Å². The Morgan fingerprint density at radius 1 is 1.17 bits per heavy atom. The van der Waals surface area contributed by atoms with Crippen LogP contribution in [0.25, 0.3) is 0 Å². The van der Waals surface area contributed by atoms with Crippen molar-refractivity contribution in [2.75, 3.05) is 27.4 Å². The third-order valence-corrected chi connectivity index (χ3v) is 5.27. The van der Waals surface area contributed by atoms with Crippen molar-refractivity contribution in [3.05, 3.63) is 35.5 Å². The van der Waals surface area contributed by atoms with E-state index < -0.39 is 0 Å². The van der Waals surface area contributed by atoms with Gasteiger partial charge in [0.15, 0.2) is 17.3 Å². The lowest BCUT2D eigenvalue weighted by Crippen LogP contribution is -2.18. The molecule has 128 valence electrons. The fourth-order valence-electron chi connectivity index (χ4n) is 3.68. The summed E-state index contributed by atoms with van der Waals surface area (Å²) in [5.41, 5.74) is 1.42. The summed E-state index contributed by atoms with van der Waals surface area (Å²) in [6, 6.07) is 5.84. The fraction of sp³-hybridized carbons (Fsp3) is 0.556. The van der Waals surface area contributed by atoms with Crippen LogP contribution in [0, 0.1) is 5.41 Å². The first kappa shape index (κ1) is 15.4.